The minimum Gasteiger partial charge on any atom is -0.392 e. The van der Waals surface area contributed by atoms with Gasteiger partial charge in [0, 0.05) is 5.75 Å². The molecule has 0 heterocycles. The average Bonchev–Trinajstić information content (AvgIpc) is 2.37. The molecule has 0 aliphatic heterocycles. The summed E-state index contributed by atoms with van der Waals surface area (Å²) in [6.07, 6.45) is 4.52. The van der Waals surface area contributed by atoms with Crippen LogP contribution in [0.25, 0.3) is 0 Å². The molecule has 0 saturated carbocycles. The summed E-state index contributed by atoms with van der Waals surface area (Å²) in [5.41, 5.74) is 2.98. The fourth-order valence-corrected chi connectivity index (χ4v) is 3.39. The predicted octanol–water partition coefficient (Wildman–Crippen LogP) is 3.61. The largest absolute Gasteiger partial charge is 0.392 e. The molecule has 0 fully saturated rings. The predicted molar refractivity (Wildman–Crippen MR) is 75.7 cm³/mol. The van der Waals surface area contributed by atoms with Crippen molar-refractivity contribution in [2.75, 3.05) is 11.5 Å². The van der Waals surface area contributed by atoms with Gasteiger partial charge in [-0.05, 0) is 48.5 Å². The molecule has 0 radical (unpaired) electrons. The quantitative estimate of drug-likeness (QED) is 0.861. The van der Waals surface area contributed by atoms with Gasteiger partial charge in [0.15, 0.2) is 0 Å². The third-order valence-corrected chi connectivity index (χ3v) is 4.59. The van der Waals surface area contributed by atoms with Crippen molar-refractivity contribution in [3.8, 4) is 0 Å². The molecule has 0 saturated heterocycles. The van der Waals surface area contributed by atoms with Crippen LogP contribution in [-0.2, 0) is 6.42 Å². The first-order chi connectivity index (χ1) is 8.31. The highest BCUT2D eigenvalue weighted by Gasteiger charge is 2.22. The molecule has 0 bridgehead atoms. The molecule has 1 nitrogen and oxygen atoms in total. The van der Waals surface area contributed by atoms with Crippen LogP contribution in [0.5, 0.6) is 0 Å². The van der Waals surface area contributed by atoms with E-state index in [1.807, 2.05) is 11.8 Å². The summed E-state index contributed by atoms with van der Waals surface area (Å²) in [7, 11) is 0. The second-order valence-electron chi connectivity index (χ2n) is 4.84. The fraction of sp³-hybridized carbons (Fsp3) is 0.600. The van der Waals surface area contributed by atoms with Crippen LogP contribution in [0.4, 0.5) is 0 Å². The molecule has 0 aromatic heterocycles. The Morgan fingerprint density at radius 2 is 2.24 bits per heavy atom. The maximum Gasteiger partial charge on any atom is 0.0636 e. The van der Waals surface area contributed by atoms with Gasteiger partial charge in [0.2, 0.25) is 0 Å². The van der Waals surface area contributed by atoms with Crippen LogP contribution in [0.2, 0.25) is 0 Å². The number of fused-ring (bicyclic) bond motifs is 1. The number of benzene rings is 1. The molecule has 1 aliphatic rings. The van der Waals surface area contributed by atoms with Crippen LogP contribution in [0, 0.1) is 0 Å². The number of aryl methyl sites for hydroxylation is 1. The van der Waals surface area contributed by atoms with E-state index < -0.39 is 0 Å². The third kappa shape index (κ3) is 3.49. The fourth-order valence-electron chi connectivity index (χ4n) is 2.75. The number of aliphatic hydroxyl groups is 1. The molecule has 0 amide bonds. The molecular weight excluding hydrogens is 228 g/mol. The average molecular weight is 250 g/mol. The van der Waals surface area contributed by atoms with Gasteiger partial charge in [0.1, 0.15) is 0 Å². The maximum atomic E-state index is 10.0. The topological polar surface area (TPSA) is 20.2 Å². The van der Waals surface area contributed by atoms with Crippen molar-refractivity contribution in [2.24, 2.45) is 0 Å². The minimum absolute atomic E-state index is 0.142. The van der Waals surface area contributed by atoms with E-state index in [0.29, 0.717) is 5.92 Å². The van der Waals surface area contributed by atoms with Crippen molar-refractivity contribution in [1.29, 1.82) is 0 Å². The van der Waals surface area contributed by atoms with Crippen molar-refractivity contribution >= 4 is 11.8 Å². The third-order valence-electron chi connectivity index (χ3n) is 3.56. The Morgan fingerprint density at radius 1 is 1.41 bits per heavy atom. The van der Waals surface area contributed by atoms with E-state index in [1.54, 1.807) is 0 Å². The lowest BCUT2D eigenvalue weighted by molar-refractivity contribution is 0.175. The molecule has 17 heavy (non-hydrogen) atoms. The first kappa shape index (κ1) is 13.0. The van der Waals surface area contributed by atoms with E-state index in [1.165, 1.54) is 30.4 Å². The molecule has 94 valence electrons. The lowest BCUT2D eigenvalue weighted by Gasteiger charge is -2.27. The van der Waals surface area contributed by atoms with Crippen LogP contribution in [0.15, 0.2) is 24.3 Å². The Morgan fingerprint density at radius 3 is 3.06 bits per heavy atom. The Balaban J connectivity index is 1.98. The zero-order chi connectivity index (χ0) is 12.1. The first-order valence-corrected chi connectivity index (χ1v) is 7.80. The molecule has 1 aromatic rings. The summed E-state index contributed by atoms with van der Waals surface area (Å²) < 4.78 is 0. The van der Waals surface area contributed by atoms with Gasteiger partial charge in [-0.15, -0.1) is 0 Å². The Bertz CT molecular complexity index is 351. The standard InChI is InChI=1S/C15H22OS/c1-2-17-11-14(16)10-13-8-5-7-12-6-3-4-9-15(12)13/h3-4,6,9,13-14,16H,2,5,7-8,10-11H2,1H3. The van der Waals surface area contributed by atoms with E-state index in [-0.39, 0.29) is 6.10 Å². The molecule has 1 aromatic carbocycles. The van der Waals surface area contributed by atoms with Gasteiger partial charge in [-0.3, -0.25) is 0 Å². The lowest BCUT2D eigenvalue weighted by atomic mass is 9.80. The van der Waals surface area contributed by atoms with Crippen LogP contribution < -0.4 is 0 Å². The van der Waals surface area contributed by atoms with Crippen molar-refractivity contribution in [3.05, 3.63) is 35.4 Å². The van der Waals surface area contributed by atoms with Crippen molar-refractivity contribution in [3.63, 3.8) is 0 Å². The van der Waals surface area contributed by atoms with Gasteiger partial charge in [-0.1, -0.05) is 31.2 Å². The Hall–Kier alpha value is -0.470. The zero-order valence-corrected chi connectivity index (χ0v) is 11.4. The van der Waals surface area contributed by atoms with Gasteiger partial charge in [-0.25, -0.2) is 0 Å². The molecule has 1 aliphatic carbocycles. The van der Waals surface area contributed by atoms with Crippen molar-refractivity contribution < 1.29 is 5.11 Å². The Kier molecular flexibility index (Phi) is 4.93. The van der Waals surface area contributed by atoms with E-state index in [4.69, 9.17) is 0 Å². The van der Waals surface area contributed by atoms with E-state index in [2.05, 4.69) is 31.2 Å². The monoisotopic (exact) mass is 250 g/mol. The van der Waals surface area contributed by atoms with Gasteiger partial charge in [0.25, 0.3) is 0 Å². The molecule has 2 atom stereocenters. The summed E-state index contributed by atoms with van der Waals surface area (Å²) >= 11 is 1.84. The number of thioether (sulfide) groups is 1. The van der Waals surface area contributed by atoms with Crippen LogP contribution in [0.1, 0.15) is 43.2 Å². The number of hydrogen-bond acceptors (Lipinski definition) is 2. The highest BCUT2D eigenvalue weighted by Crippen LogP contribution is 2.34. The summed E-state index contributed by atoms with van der Waals surface area (Å²) in [6, 6.07) is 8.75. The normalized spacial score (nSPS) is 20.9. The molecule has 2 unspecified atom stereocenters. The smallest absolute Gasteiger partial charge is 0.0636 e. The summed E-state index contributed by atoms with van der Waals surface area (Å²) in [4.78, 5) is 0. The van der Waals surface area contributed by atoms with Gasteiger partial charge in [-0.2, -0.15) is 11.8 Å². The van der Waals surface area contributed by atoms with Gasteiger partial charge < -0.3 is 5.11 Å². The van der Waals surface area contributed by atoms with Gasteiger partial charge in [0.05, 0.1) is 6.10 Å². The molecule has 1 N–H and O–H groups in total. The first-order valence-electron chi connectivity index (χ1n) is 6.65. The molecule has 0 spiro atoms. The van der Waals surface area contributed by atoms with E-state index in [9.17, 15) is 5.11 Å². The summed E-state index contributed by atoms with van der Waals surface area (Å²) in [5.74, 6) is 2.56. The summed E-state index contributed by atoms with van der Waals surface area (Å²) in [6.45, 7) is 2.15. The van der Waals surface area contributed by atoms with Crippen LogP contribution >= 0.6 is 11.8 Å². The number of hydrogen-bond donors (Lipinski definition) is 1. The lowest BCUT2D eigenvalue weighted by Crippen LogP contribution is -2.18. The number of rotatable bonds is 5. The molecular formula is C15H22OS. The second kappa shape index (κ2) is 6.46. The maximum absolute atomic E-state index is 10.0. The van der Waals surface area contributed by atoms with Crippen molar-refractivity contribution in [2.45, 2.75) is 44.6 Å². The molecule has 2 heteroatoms. The zero-order valence-electron chi connectivity index (χ0n) is 10.6. The highest BCUT2D eigenvalue weighted by atomic mass is 32.2. The Labute approximate surface area is 109 Å². The van der Waals surface area contributed by atoms with E-state index >= 15 is 0 Å². The highest BCUT2D eigenvalue weighted by molar-refractivity contribution is 7.99. The minimum atomic E-state index is -0.142. The summed E-state index contributed by atoms with van der Waals surface area (Å²) in [5, 5.41) is 10.0. The van der Waals surface area contributed by atoms with Gasteiger partial charge >= 0.3 is 0 Å². The number of aliphatic hydroxyl groups excluding tert-OH is 1. The van der Waals surface area contributed by atoms with Crippen molar-refractivity contribution in [1.82, 2.24) is 0 Å². The van der Waals surface area contributed by atoms with Crippen LogP contribution in [-0.4, -0.2) is 22.7 Å². The second-order valence-corrected chi connectivity index (χ2v) is 6.16. The SMILES string of the molecule is CCSCC(O)CC1CCCc2ccccc21. The van der Waals surface area contributed by atoms with Crippen LogP contribution in [0.3, 0.4) is 0 Å². The van der Waals surface area contributed by atoms with E-state index in [0.717, 1.165) is 17.9 Å². The molecule has 2 rings (SSSR count).